The predicted octanol–water partition coefficient (Wildman–Crippen LogP) is 0.290. The molecule has 0 aromatic rings. The summed E-state index contributed by atoms with van der Waals surface area (Å²) >= 11 is 3.73. The van der Waals surface area contributed by atoms with Gasteiger partial charge in [-0.3, -0.25) is 4.79 Å². The highest BCUT2D eigenvalue weighted by Gasteiger charge is 2.48. The molecular formula is C13H22N4O3S. The number of carbonyl (C=O) groups is 2. The Morgan fingerprint density at radius 3 is 2.95 bits per heavy atom. The minimum absolute atomic E-state index is 0.0149. The number of carbonyl (C=O) groups excluding carboxylic acids is 2. The van der Waals surface area contributed by atoms with E-state index in [0.717, 1.165) is 38.8 Å². The van der Waals surface area contributed by atoms with Crippen LogP contribution in [0, 0.1) is 0 Å². The molecule has 3 rings (SSSR count). The Labute approximate surface area is 129 Å². The number of hydrogen-bond donors (Lipinski definition) is 3. The van der Waals surface area contributed by atoms with Crippen LogP contribution >= 0.6 is 12.9 Å². The number of nitrogens with zero attached hydrogens (tertiary/aromatic N) is 2. The average Bonchev–Trinajstić information content (AvgIpc) is 2.67. The smallest absolute Gasteiger partial charge is 0.345 e. The van der Waals surface area contributed by atoms with E-state index >= 15 is 0 Å². The second-order valence-electron chi connectivity index (χ2n) is 5.98. The van der Waals surface area contributed by atoms with Gasteiger partial charge in [0.2, 0.25) is 5.91 Å². The molecule has 2 N–H and O–H groups in total. The maximum atomic E-state index is 12.5. The Bertz CT molecular complexity index is 414. The number of hydroxylamine groups is 2. The van der Waals surface area contributed by atoms with Crippen molar-refractivity contribution in [3.63, 3.8) is 0 Å². The molecule has 0 aromatic carbocycles. The van der Waals surface area contributed by atoms with Gasteiger partial charge in [0, 0.05) is 25.5 Å². The van der Waals surface area contributed by atoms with E-state index in [4.69, 9.17) is 4.28 Å². The minimum Gasteiger partial charge on any atom is -0.352 e. The van der Waals surface area contributed by atoms with Gasteiger partial charge >= 0.3 is 6.03 Å². The molecule has 2 bridgehead atoms. The highest BCUT2D eigenvalue weighted by atomic mass is 32.1. The molecule has 3 atom stereocenters. The van der Waals surface area contributed by atoms with Crippen molar-refractivity contribution >= 4 is 24.8 Å². The van der Waals surface area contributed by atoms with Crippen molar-refractivity contribution in [2.75, 3.05) is 19.6 Å². The predicted molar refractivity (Wildman–Crippen MR) is 79.5 cm³/mol. The monoisotopic (exact) mass is 314 g/mol. The van der Waals surface area contributed by atoms with Crippen LogP contribution in [0.1, 0.15) is 32.1 Å². The molecule has 3 saturated heterocycles. The molecule has 7 nitrogen and oxygen atoms in total. The molecule has 0 radical (unpaired) electrons. The van der Waals surface area contributed by atoms with Gasteiger partial charge in [-0.1, -0.05) is 0 Å². The molecule has 8 heteroatoms. The fourth-order valence-corrected chi connectivity index (χ4v) is 3.68. The third-order valence-corrected chi connectivity index (χ3v) is 4.81. The molecule has 3 aliphatic rings. The Hall–Kier alpha value is -0.990. The van der Waals surface area contributed by atoms with E-state index in [9.17, 15) is 9.59 Å². The summed E-state index contributed by atoms with van der Waals surface area (Å²) in [6, 6.07) is -0.407. The van der Waals surface area contributed by atoms with Crippen LogP contribution in [0.2, 0.25) is 0 Å². The van der Waals surface area contributed by atoms with E-state index < -0.39 is 0 Å². The minimum atomic E-state index is -0.376. The number of fused-ring (bicyclic) bond motifs is 2. The zero-order chi connectivity index (χ0) is 14.8. The van der Waals surface area contributed by atoms with Crippen molar-refractivity contribution in [1.82, 2.24) is 20.6 Å². The van der Waals surface area contributed by atoms with Crippen LogP contribution < -0.4 is 10.6 Å². The summed E-state index contributed by atoms with van der Waals surface area (Å²) in [6.07, 6.45) is 4.46. The third kappa shape index (κ3) is 2.97. The second-order valence-corrected chi connectivity index (χ2v) is 6.14. The number of nitrogens with one attached hydrogen (secondary N) is 2. The lowest BCUT2D eigenvalue weighted by Crippen LogP contribution is -2.52. The Morgan fingerprint density at radius 2 is 2.14 bits per heavy atom. The van der Waals surface area contributed by atoms with Crippen LogP contribution in [-0.4, -0.2) is 59.7 Å². The topological polar surface area (TPSA) is 73.9 Å². The fourth-order valence-electron chi connectivity index (χ4n) is 3.47. The molecule has 3 heterocycles. The van der Waals surface area contributed by atoms with Crippen LogP contribution in [0.25, 0.3) is 0 Å². The molecule has 0 spiro atoms. The van der Waals surface area contributed by atoms with Gasteiger partial charge in [0.1, 0.15) is 6.04 Å². The third-order valence-electron chi connectivity index (χ3n) is 4.64. The van der Waals surface area contributed by atoms with Crippen molar-refractivity contribution < 1.29 is 13.9 Å². The summed E-state index contributed by atoms with van der Waals surface area (Å²) in [6.45, 7) is 2.49. The van der Waals surface area contributed by atoms with Crippen molar-refractivity contribution in [2.24, 2.45) is 0 Å². The molecule has 0 unspecified atom stereocenters. The maximum absolute atomic E-state index is 12.5. The van der Waals surface area contributed by atoms with Gasteiger partial charge in [-0.2, -0.15) is 5.06 Å². The van der Waals surface area contributed by atoms with E-state index in [0.29, 0.717) is 13.0 Å². The fraction of sp³-hybridized carbons (Fsp3) is 0.846. The van der Waals surface area contributed by atoms with Gasteiger partial charge in [0.15, 0.2) is 0 Å². The molecule has 3 aliphatic heterocycles. The van der Waals surface area contributed by atoms with Crippen molar-refractivity contribution in [2.45, 2.75) is 50.2 Å². The van der Waals surface area contributed by atoms with E-state index in [2.05, 4.69) is 23.5 Å². The summed E-state index contributed by atoms with van der Waals surface area (Å²) in [4.78, 5) is 26.3. The lowest BCUT2D eigenvalue weighted by Gasteiger charge is -2.30. The molecule has 21 heavy (non-hydrogen) atoms. The van der Waals surface area contributed by atoms with Gasteiger partial charge in [-0.05, 0) is 45.2 Å². The number of hydrogen-bond acceptors (Lipinski definition) is 5. The number of amides is 3. The first-order chi connectivity index (χ1) is 10.2. The molecule has 0 saturated carbocycles. The Balaban J connectivity index is 1.61. The maximum Gasteiger partial charge on any atom is 0.345 e. The summed E-state index contributed by atoms with van der Waals surface area (Å²) in [5.74, 6) is -0.0327. The van der Waals surface area contributed by atoms with Crippen LogP contribution in [0.3, 0.4) is 0 Å². The molecule has 3 amide bonds. The van der Waals surface area contributed by atoms with Crippen LogP contribution in [0.5, 0.6) is 0 Å². The van der Waals surface area contributed by atoms with E-state index in [1.807, 2.05) is 0 Å². The van der Waals surface area contributed by atoms with Gasteiger partial charge in [0.25, 0.3) is 0 Å². The van der Waals surface area contributed by atoms with Crippen LogP contribution in [0.4, 0.5) is 4.79 Å². The number of rotatable bonds is 3. The molecular weight excluding hydrogens is 292 g/mol. The van der Waals surface area contributed by atoms with E-state index in [1.54, 1.807) is 4.90 Å². The van der Waals surface area contributed by atoms with E-state index in [-0.39, 0.29) is 30.1 Å². The van der Waals surface area contributed by atoms with Gasteiger partial charge in [-0.25, -0.2) is 9.08 Å². The second kappa shape index (κ2) is 6.41. The average molecular weight is 314 g/mol. The molecule has 0 aromatic heterocycles. The summed E-state index contributed by atoms with van der Waals surface area (Å²) in [5, 5.41) is 7.71. The SMILES string of the molecule is O=C(N[C@H]1CCCNCC1)[C@@H]1CC[C@@H]2CN1C(=O)N2OS. The quantitative estimate of drug-likeness (QED) is 0.517. The molecule has 118 valence electrons. The summed E-state index contributed by atoms with van der Waals surface area (Å²) in [5.41, 5.74) is 0. The van der Waals surface area contributed by atoms with Crippen molar-refractivity contribution in [3.8, 4) is 0 Å². The Kier molecular flexibility index (Phi) is 4.56. The van der Waals surface area contributed by atoms with Crippen molar-refractivity contribution in [1.29, 1.82) is 0 Å². The highest BCUT2D eigenvalue weighted by molar-refractivity contribution is 7.75. The molecule has 3 fully saturated rings. The highest BCUT2D eigenvalue weighted by Crippen LogP contribution is 2.30. The van der Waals surface area contributed by atoms with Gasteiger partial charge in [-0.15, -0.1) is 0 Å². The lowest BCUT2D eigenvalue weighted by atomic mass is 9.99. The largest absolute Gasteiger partial charge is 0.352 e. The number of piperidine rings is 1. The number of urea groups is 1. The first-order valence-electron chi connectivity index (χ1n) is 7.63. The summed E-state index contributed by atoms with van der Waals surface area (Å²) < 4.78 is 4.83. The summed E-state index contributed by atoms with van der Waals surface area (Å²) in [7, 11) is 0. The Morgan fingerprint density at radius 1 is 1.29 bits per heavy atom. The normalized spacial score (nSPS) is 33.0. The standard InChI is InChI=1S/C13H22N4O3S/c18-12(15-9-2-1-6-14-7-5-9)11-4-3-10-8-16(11)13(19)17(10)20-21/h9-11,14,21H,1-8H2,(H,15,18)/t9-,10+,11-/m0/s1. The van der Waals surface area contributed by atoms with Gasteiger partial charge in [0.05, 0.1) is 6.04 Å². The zero-order valence-corrected chi connectivity index (χ0v) is 12.8. The first kappa shape index (κ1) is 14.9. The first-order valence-corrected chi connectivity index (χ1v) is 7.99. The van der Waals surface area contributed by atoms with Crippen LogP contribution in [-0.2, 0) is 9.08 Å². The number of thiol groups is 1. The van der Waals surface area contributed by atoms with Crippen LogP contribution in [0.15, 0.2) is 0 Å². The zero-order valence-electron chi connectivity index (χ0n) is 12.0. The van der Waals surface area contributed by atoms with Crippen molar-refractivity contribution in [3.05, 3.63) is 0 Å². The van der Waals surface area contributed by atoms with Gasteiger partial charge < -0.3 is 15.5 Å². The lowest BCUT2D eigenvalue weighted by molar-refractivity contribution is -0.126. The van der Waals surface area contributed by atoms with E-state index in [1.165, 1.54) is 5.06 Å². The molecule has 0 aliphatic carbocycles.